The highest BCUT2D eigenvalue weighted by molar-refractivity contribution is 9.10. The van der Waals surface area contributed by atoms with Gasteiger partial charge in [0.05, 0.1) is 17.9 Å². The number of hydrogen-bond donors (Lipinski definition) is 1. The molecule has 0 atom stereocenters. The molecule has 5 heteroatoms. The third-order valence-electron chi connectivity index (χ3n) is 2.79. The average Bonchev–Trinajstić information content (AvgIpc) is 2.37. The number of benzene rings is 1. The van der Waals surface area contributed by atoms with Crippen molar-refractivity contribution in [3.05, 3.63) is 28.0 Å². The van der Waals surface area contributed by atoms with Crippen molar-refractivity contribution in [1.29, 1.82) is 0 Å². The number of esters is 1. The Labute approximate surface area is 121 Å². The van der Waals surface area contributed by atoms with Crippen molar-refractivity contribution in [2.45, 2.75) is 39.0 Å². The number of ether oxygens (including phenoxy) is 1. The first-order valence-corrected chi connectivity index (χ1v) is 7.27. The molecule has 0 unspecified atom stereocenters. The number of nitrogens with two attached hydrogens (primary N) is 1. The predicted molar refractivity (Wildman–Crippen MR) is 77.6 cm³/mol. The summed E-state index contributed by atoms with van der Waals surface area (Å²) in [6.45, 7) is 2.53. The molecule has 1 rings (SSSR count). The lowest BCUT2D eigenvalue weighted by molar-refractivity contribution is 0.0496. The SMILES string of the molecule is CCCCCCCOC(=O)c1cc(N)c(F)cc1Br. The molecule has 0 heterocycles. The van der Waals surface area contributed by atoms with Gasteiger partial charge in [0.15, 0.2) is 0 Å². The summed E-state index contributed by atoms with van der Waals surface area (Å²) in [5, 5.41) is 0. The van der Waals surface area contributed by atoms with E-state index in [0.717, 1.165) is 19.3 Å². The first-order valence-electron chi connectivity index (χ1n) is 6.48. The number of anilines is 1. The van der Waals surface area contributed by atoms with E-state index in [1.807, 2.05) is 0 Å². The number of nitrogen functional groups attached to an aromatic ring is 1. The summed E-state index contributed by atoms with van der Waals surface area (Å²) in [6, 6.07) is 2.46. The molecule has 0 saturated heterocycles. The van der Waals surface area contributed by atoms with Gasteiger partial charge < -0.3 is 10.5 Å². The minimum Gasteiger partial charge on any atom is -0.462 e. The molecular weight excluding hydrogens is 313 g/mol. The van der Waals surface area contributed by atoms with Crippen LogP contribution < -0.4 is 5.73 Å². The molecule has 19 heavy (non-hydrogen) atoms. The van der Waals surface area contributed by atoms with Gasteiger partial charge in [-0.2, -0.15) is 0 Å². The molecule has 2 N–H and O–H groups in total. The number of rotatable bonds is 7. The number of halogens is 2. The van der Waals surface area contributed by atoms with Gasteiger partial charge in [0.1, 0.15) is 5.82 Å². The van der Waals surface area contributed by atoms with E-state index < -0.39 is 11.8 Å². The molecule has 0 fully saturated rings. The van der Waals surface area contributed by atoms with Gasteiger partial charge in [0.2, 0.25) is 0 Å². The third kappa shape index (κ3) is 5.19. The van der Waals surface area contributed by atoms with Crippen LogP contribution >= 0.6 is 15.9 Å². The van der Waals surface area contributed by atoms with Crippen molar-refractivity contribution < 1.29 is 13.9 Å². The zero-order valence-electron chi connectivity index (χ0n) is 11.0. The first-order chi connectivity index (χ1) is 9.06. The molecule has 0 aliphatic rings. The maximum absolute atomic E-state index is 13.1. The number of hydrogen-bond acceptors (Lipinski definition) is 3. The Bertz CT molecular complexity index is 438. The van der Waals surface area contributed by atoms with Crippen molar-refractivity contribution in [3.63, 3.8) is 0 Å². The van der Waals surface area contributed by atoms with Crippen molar-refractivity contribution in [2.75, 3.05) is 12.3 Å². The van der Waals surface area contributed by atoms with E-state index in [0.29, 0.717) is 11.1 Å². The van der Waals surface area contributed by atoms with Gasteiger partial charge in [-0.25, -0.2) is 9.18 Å². The van der Waals surface area contributed by atoms with E-state index in [1.165, 1.54) is 25.0 Å². The summed E-state index contributed by atoms with van der Waals surface area (Å²) in [5.74, 6) is -1.03. The van der Waals surface area contributed by atoms with Crippen LogP contribution in [-0.2, 0) is 4.74 Å². The Morgan fingerprint density at radius 1 is 1.32 bits per heavy atom. The monoisotopic (exact) mass is 331 g/mol. The molecule has 106 valence electrons. The Morgan fingerprint density at radius 3 is 2.68 bits per heavy atom. The highest BCUT2D eigenvalue weighted by atomic mass is 79.9. The first kappa shape index (κ1) is 16.0. The minimum atomic E-state index is -0.553. The van der Waals surface area contributed by atoms with Crippen LogP contribution in [0.25, 0.3) is 0 Å². The van der Waals surface area contributed by atoms with Gasteiger partial charge in [-0.1, -0.05) is 32.6 Å². The second-order valence-electron chi connectivity index (χ2n) is 4.40. The summed E-state index contributed by atoms with van der Waals surface area (Å²) in [7, 11) is 0. The second-order valence-corrected chi connectivity index (χ2v) is 5.26. The van der Waals surface area contributed by atoms with Crippen LogP contribution in [0.2, 0.25) is 0 Å². The van der Waals surface area contributed by atoms with Crippen LogP contribution in [0.15, 0.2) is 16.6 Å². The third-order valence-corrected chi connectivity index (χ3v) is 3.44. The lowest BCUT2D eigenvalue weighted by atomic mass is 10.1. The van der Waals surface area contributed by atoms with Gasteiger partial charge in [0.25, 0.3) is 0 Å². The molecule has 0 aromatic heterocycles. The minimum absolute atomic E-state index is 0.0573. The lowest BCUT2D eigenvalue weighted by Gasteiger charge is -2.07. The van der Waals surface area contributed by atoms with Crippen molar-refractivity contribution in [2.24, 2.45) is 0 Å². The molecule has 3 nitrogen and oxygen atoms in total. The van der Waals surface area contributed by atoms with Crippen molar-refractivity contribution in [1.82, 2.24) is 0 Å². The summed E-state index contributed by atoms with van der Waals surface area (Å²) in [5.41, 5.74) is 5.63. The molecule has 0 spiro atoms. The van der Waals surface area contributed by atoms with Crippen molar-refractivity contribution in [3.8, 4) is 0 Å². The fraction of sp³-hybridized carbons (Fsp3) is 0.500. The molecule has 0 aliphatic carbocycles. The molecule has 0 saturated carbocycles. The average molecular weight is 332 g/mol. The van der Waals surface area contributed by atoms with Crippen LogP contribution in [0.4, 0.5) is 10.1 Å². The normalized spacial score (nSPS) is 10.5. The van der Waals surface area contributed by atoms with E-state index in [-0.39, 0.29) is 11.3 Å². The zero-order chi connectivity index (χ0) is 14.3. The van der Waals surface area contributed by atoms with Crippen LogP contribution in [0.5, 0.6) is 0 Å². The molecule has 0 amide bonds. The van der Waals surface area contributed by atoms with E-state index in [4.69, 9.17) is 10.5 Å². The maximum atomic E-state index is 13.1. The van der Waals surface area contributed by atoms with Crippen LogP contribution in [0.3, 0.4) is 0 Å². The molecule has 0 bridgehead atoms. The van der Waals surface area contributed by atoms with Crippen LogP contribution in [-0.4, -0.2) is 12.6 Å². The number of unbranched alkanes of at least 4 members (excludes halogenated alkanes) is 4. The molecule has 1 aromatic carbocycles. The Kier molecular flexibility index (Phi) is 6.84. The standard InChI is InChI=1S/C14H19BrFNO2/c1-2-3-4-5-6-7-19-14(18)10-8-13(17)12(16)9-11(10)15/h8-9H,2-7,17H2,1H3. The number of carbonyl (C=O) groups excluding carboxylic acids is 1. The van der Waals surface area contributed by atoms with E-state index in [1.54, 1.807) is 0 Å². The molecule has 1 aromatic rings. The molecule has 0 aliphatic heterocycles. The zero-order valence-corrected chi connectivity index (χ0v) is 12.6. The quantitative estimate of drug-likeness (QED) is 0.460. The molecule has 0 radical (unpaired) electrons. The van der Waals surface area contributed by atoms with Crippen LogP contribution in [0.1, 0.15) is 49.4 Å². The fourth-order valence-corrected chi connectivity index (χ4v) is 2.15. The summed E-state index contributed by atoms with van der Waals surface area (Å²) < 4.78 is 18.6. The van der Waals surface area contributed by atoms with E-state index in [9.17, 15) is 9.18 Å². The predicted octanol–water partition coefficient (Wildman–Crippen LogP) is 4.30. The van der Waals surface area contributed by atoms with Gasteiger partial charge in [-0.05, 0) is 34.5 Å². The second kappa shape index (κ2) is 8.15. The summed E-state index contributed by atoms with van der Waals surface area (Å²) >= 11 is 3.13. The van der Waals surface area contributed by atoms with Gasteiger partial charge in [-0.15, -0.1) is 0 Å². The van der Waals surface area contributed by atoms with E-state index >= 15 is 0 Å². The van der Waals surface area contributed by atoms with Gasteiger partial charge in [0, 0.05) is 4.47 Å². The van der Waals surface area contributed by atoms with Gasteiger partial charge in [-0.3, -0.25) is 0 Å². The molecular formula is C14H19BrFNO2. The smallest absolute Gasteiger partial charge is 0.339 e. The fourth-order valence-electron chi connectivity index (χ4n) is 1.67. The topological polar surface area (TPSA) is 52.3 Å². The maximum Gasteiger partial charge on any atom is 0.339 e. The van der Waals surface area contributed by atoms with Gasteiger partial charge >= 0.3 is 5.97 Å². The number of carbonyl (C=O) groups is 1. The lowest BCUT2D eigenvalue weighted by Crippen LogP contribution is -2.08. The highest BCUT2D eigenvalue weighted by Crippen LogP contribution is 2.23. The Morgan fingerprint density at radius 2 is 2.00 bits per heavy atom. The van der Waals surface area contributed by atoms with E-state index in [2.05, 4.69) is 22.9 Å². The highest BCUT2D eigenvalue weighted by Gasteiger charge is 2.14. The summed E-state index contributed by atoms with van der Waals surface area (Å²) in [4.78, 5) is 11.8. The van der Waals surface area contributed by atoms with Crippen LogP contribution in [0, 0.1) is 5.82 Å². The largest absolute Gasteiger partial charge is 0.462 e. The summed E-state index contributed by atoms with van der Waals surface area (Å²) in [6.07, 6.45) is 5.44. The Balaban J connectivity index is 2.43. The van der Waals surface area contributed by atoms with Crippen molar-refractivity contribution >= 4 is 27.6 Å². The Hall–Kier alpha value is -1.10.